The summed E-state index contributed by atoms with van der Waals surface area (Å²) in [6.45, 7) is 12.3. The first-order valence-corrected chi connectivity index (χ1v) is 13.8. The van der Waals surface area contributed by atoms with Crippen LogP contribution in [0.1, 0.15) is 0 Å². The van der Waals surface area contributed by atoms with Gasteiger partial charge >= 0.3 is 0 Å². The Morgan fingerprint density at radius 3 is 1.82 bits per heavy atom. The quantitative estimate of drug-likeness (QED) is 0.797. The van der Waals surface area contributed by atoms with E-state index < -0.39 is 26.7 Å². The maximum atomic E-state index is 12.6. The van der Waals surface area contributed by atoms with Gasteiger partial charge < -0.3 is 0 Å². The van der Waals surface area contributed by atoms with Crippen molar-refractivity contribution >= 4 is 26.7 Å². The second kappa shape index (κ2) is 4.34. The molecule has 0 aromatic carbocycles. The predicted octanol–water partition coefficient (Wildman–Crippen LogP) is 1.95. The fraction of sp³-hybridized carbons (Fsp3) is 0.667. The maximum Gasteiger partial charge on any atom is 0.296 e. The summed E-state index contributed by atoms with van der Waals surface area (Å²) in [5, 5.41) is 0. The van der Waals surface area contributed by atoms with E-state index in [9.17, 15) is 8.42 Å². The standard InChI is InChI=1S/C9H21N3O2SSi2/c1-16(2,3)12(17(4,5)6)15(13,14)11-8-7-10-9-11/h7-9H,1-6H3. The molecule has 98 valence electrons. The Labute approximate surface area is 106 Å². The van der Waals surface area contributed by atoms with Crippen LogP contribution in [0.15, 0.2) is 18.7 Å². The molecule has 17 heavy (non-hydrogen) atoms. The first-order valence-electron chi connectivity index (χ1n) is 5.51. The molecule has 0 aliphatic rings. The molecule has 0 atom stereocenters. The molecule has 1 heterocycles. The Morgan fingerprint density at radius 1 is 1.06 bits per heavy atom. The van der Waals surface area contributed by atoms with E-state index in [1.807, 2.05) is 0 Å². The smallest absolute Gasteiger partial charge is 0.244 e. The zero-order valence-electron chi connectivity index (χ0n) is 11.3. The summed E-state index contributed by atoms with van der Waals surface area (Å²) in [4.78, 5) is 3.82. The molecule has 1 aromatic rings. The van der Waals surface area contributed by atoms with Crippen LogP contribution in [0.4, 0.5) is 0 Å². The van der Waals surface area contributed by atoms with Crippen molar-refractivity contribution in [2.45, 2.75) is 39.3 Å². The lowest BCUT2D eigenvalue weighted by atomic mass is 11.0. The molecule has 1 aromatic heterocycles. The van der Waals surface area contributed by atoms with Gasteiger partial charge in [-0.15, -0.1) is 0 Å². The van der Waals surface area contributed by atoms with Crippen LogP contribution >= 0.6 is 0 Å². The highest BCUT2D eigenvalue weighted by Gasteiger charge is 2.43. The number of rotatable bonds is 4. The molecule has 0 aliphatic heterocycles. The Hall–Kier alpha value is -0.446. The summed E-state index contributed by atoms with van der Waals surface area (Å²) in [5.74, 6) is 0. The Bertz CT molecular complexity index is 457. The Balaban J connectivity index is 3.36. The monoisotopic (exact) mass is 291 g/mol. The lowest BCUT2D eigenvalue weighted by molar-refractivity contribution is 0.561. The van der Waals surface area contributed by atoms with Gasteiger partial charge in [-0.2, -0.15) is 8.42 Å². The number of nitrogens with zero attached hydrogens (tertiary/aromatic N) is 3. The molecule has 0 fully saturated rings. The molecule has 0 N–H and O–H groups in total. The molecule has 0 amide bonds. The van der Waals surface area contributed by atoms with Crippen molar-refractivity contribution in [3.05, 3.63) is 18.7 Å². The zero-order chi connectivity index (χ0) is 13.5. The molecular formula is C9H21N3O2SSi2. The lowest BCUT2D eigenvalue weighted by Crippen LogP contribution is -2.62. The summed E-state index contributed by atoms with van der Waals surface area (Å²) in [7, 11) is -7.37. The van der Waals surface area contributed by atoms with Gasteiger partial charge in [0.05, 0.1) is 0 Å². The van der Waals surface area contributed by atoms with Gasteiger partial charge in [-0.1, -0.05) is 39.3 Å². The van der Waals surface area contributed by atoms with Crippen molar-refractivity contribution in [1.82, 2.24) is 12.6 Å². The van der Waals surface area contributed by atoms with E-state index in [1.54, 1.807) is 3.64 Å². The molecule has 0 bridgehead atoms. The van der Waals surface area contributed by atoms with Crippen molar-refractivity contribution < 1.29 is 8.42 Å². The lowest BCUT2D eigenvalue weighted by Gasteiger charge is -2.41. The minimum absolute atomic E-state index is 1.21. The van der Waals surface area contributed by atoms with E-state index in [0.29, 0.717) is 0 Å². The first-order chi connectivity index (χ1) is 7.47. The van der Waals surface area contributed by atoms with Crippen molar-refractivity contribution in [3.63, 3.8) is 0 Å². The third-order valence-corrected chi connectivity index (χ3v) is 14.5. The maximum absolute atomic E-state index is 12.6. The first kappa shape index (κ1) is 14.6. The molecule has 1 rings (SSSR count). The molecule has 0 aliphatic carbocycles. The van der Waals surface area contributed by atoms with Gasteiger partial charge in [0, 0.05) is 12.4 Å². The molecule has 0 unspecified atom stereocenters. The van der Waals surface area contributed by atoms with Gasteiger partial charge in [-0.3, -0.25) is 0 Å². The van der Waals surface area contributed by atoms with E-state index in [1.165, 1.54) is 22.7 Å². The van der Waals surface area contributed by atoms with E-state index in [2.05, 4.69) is 44.3 Å². The van der Waals surface area contributed by atoms with Gasteiger partial charge in [0.2, 0.25) is 0 Å². The van der Waals surface area contributed by atoms with Gasteiger partial charge in [-0.25, -0.2) is 12.6 Å². The van der Waals surface area contributed by atoms with Crippen LogP contribution in [0, 0.1) is 0 Å². The van der Waals surface area contributed by atoms with Crippen LogP contribution in [0.3, 0.4) is 0 Å². The van der Waals surface area contributed by atoms with Crippen molar-refractivity contribution in [3.8, 4) is 0 Å². The average molecular weight is 292 g/mol. The molecule has 0 saturated carbocycles. The highest BCUT2D eigenvalue weighted by molar-refractivity contribution is 7.90. The van der Waals surface area contributed by atoms with E-state index >= 15 is 0 Å². The Kier molecular flexibility index (Phi) is 3.73. The minimum Gasteiger partial charge on any atom is -0.244 e. The zero-order valence-corrected chi connectivity index (χ0v) is 14.1. The fourth-order valence-corrected chi connectivity index (χ4v) is 16.9. The highest BCUT2D eigenvalue weighted by atomic mass is 32.2. The summed E-state index contributed by atoms with van der Waals surface area (Å²) < 4.78 is 28.2. The summed E-state index contributed by atoms with van der Waals surface area (Å²) >= 11 is 0. The molecular weight excluding hydrogens is 270 g/mol. The van der Waals surface area contributed by atoms with Gasteiger partial charge in [-0.05, 0) is 0 Å². The highest BCUT2D eigenvalue weighted by Crippen LogP contribution is 2.24. The summed E-state index contributed by atoms with van der Waals surface area (Å²) in [6.07, 6.45) is 4.33. The van der Waals surface area contributed by atoms with Gasteiger partial charge in [0.25, 0.3) is 10.2 Å². The van der Waals surface area contributed by atoms with Gasteiger partial charge in [0.1, 0.15) is 22.8 Å². The topological polar surface area (TPSA) is 55.2 Å². The van der Waals surface area contributed by atoms with Crippen LogP contribution in [-0.2, 0) is 10.2 Å². The molecule has 8 heteroatoms. The second-order valence-corrected chi connectivity index (χ2v) is 18.4. The molecule has 0 radical (unpaired) electrons. The molecule has 0 saturated heterocycles. The number of aromatic nitrogens is 2. The van der Waals surface area contributed by atoms with Crippen molar-refractivity contribution in [2.75, 3.05) is 0 Å². The van der Waals surface area contributed by atoms with Crippen LogP contribution in [0.2, 0.25) is 39.3 Å². The number of hydrogen-bond donors (Lipinski definition) is 0. The Morgan fingerprint density at radius 2 is 1.53 bits per heavy atom. The summed E-state index contributed by atoms with van der Waals surface area (Å²) in [6, 6.07) is 0. The average Bonchev–Trinajstić information content (AvgIpc) is 2.46. The van der Waals surface area contributed by atoms with Crippen LogP contribution < -0.4 is 0 Å². The molecule has 0 spiro atoms. The van der Waals surface area contributed by atoms with Crippen LogP contribution in [0.25, 0.3) is 0 Å². The van der Waals surface area contributed by atoms with Crippen LogP contribution in [0.5, 0.6) is 0 Å². The van der Waals surface area contributed by atoms with Crippen LogP contribution in [-0.4, -0.2) is 37.5 Å². The molecule has 5 nitrogen and oxygen atoms in total. The third-order valence-electron chi connectivity index (χ3n) is 2.20. The van der Waals surface area contributed by atoms with Crippen molar-refractivity contribution in [1.29, 1.82) is 0 Å². The predicted molar refractivity (Wildman–Crippen MR) is 75.1 cm³/mol. The fourth-order valence-electron chi connectivity index (χ4n) is 2.18. The number of hydrogen-bond acceptors (Lipinski definition) is 3. The largest absolute Gasteiger partial charge is 0.296 e. The van der Waals surface area contributed by atoms with E-state index in [4.69, 9.17) is 0 Å². The van der Waals surface area contributed by atoms with Crippen molar-refractivity contribution in [2.24, 2.45) is 0 Å². The third kappa shape index (κ3) is 3.06. The summed E-state index contributed by atoms with van der Waals surface area (Å²) in [5.41, 5.74) is 0. The normalized spacial score (nSPS) is 14.3. The van der Waals surface area contributed by atoms with Gasteiger partial charge in [0.15, 0.2) is 0 Å². The van der Waals surface area contributed by atoms with E-state index in [0.717, 1.165) is 0 Å². The SMILES string of the molecule is C[Si](C)(C)N([Si](C)(C)C)S(=O)(=O)n1ccnc1. The van der Waals surface area contributed by atoms with E-state index in [-0.39, 0.29) is 0 Å². The minimum atomic E-state index is -3.46. The second-order valence-electron chi connectivity index (χ2n) is 6.01. The number of imidazole rings is 1.